The molecule has 20 heavy (non-hydrogen) atoms. The maximum Gasteiger partial charge on any atom is 0.310 e. The van der Waals surface area contributed by atoms with E-state index in [1.54, 1.807) is 39.0 Å². The summed E-state index contributed by atoms with van der Waals surface area (Å²) in [6.07, 6.45) is -0.0983. The van der Waals surface area contributed by atoms with Crippen molar-refractivity contribution in [1.29, 1.82) is 0 Å². The standard InChI is InChI=1S/C14H17BrClNO3/c1-8(2)14(3,13(19)20)7-12(18)17-11-6-9(16)4-5-10(11)15/h4-6,8H,7H2,1-3H3,(H,17,18)(H,19,20). The average molecular weight is 363 g/mol. The van der Waals surface area contributed by atoms with Gasteiger partial charge in [-0.25, -0.2) is 0 Å². The molecule has 1 aromatic carbocycles. The minimum Gasteiger partial charge on any atom is -0.481 e. The summed E-state index contributed by atoms with van der Waals surface area (Å²) in [6, 6.07) is 5.02. The highest BCUT2D eigenvalue weighted by atomic mass is 79.9. The number of amides is 1. The van der Waals surface area contributed by atoms with Crippen LogP contribution in [0.2, 0.25) is 5.02 Å². The second-order valence-corrected chi connectivity index (χ2v) is 6.52. The number of benzene rings is 1. The molecule has 0 heterocycles. The fraction of sp³-hybridized carbons (Fsp3) is 0.429. The van der Waals surface area contributed by atoms with E-state index in [1.807, 2.05) is 0 Å². The van der Waals surface area contributed by atoms with E-state index in [1.165, 1.54) is 0 Å². The van der Waals surface area contributed by atoms with Crippen molar-refractivity contribution in [2.75, 3.05) is 5.32 Å². The van der Waals surface area contributed by atoms with Gasteiger partial charge in [0.05, 0.1) is 11.1 Å². The van der Waals surface area contributed by atoms with Gasteiger partial charge in [0.25, 0.3) is 0 Å². The lowest BCUT2D eigenvalue weighted by Gasteiger charge is -2.28. The first-order chi connectivity index (χ1) is 9.16. The quantitative estimate of drug-likeness (QED) is 0.826. The summed E-state index contributed by atoms with van der Waals surface area (Å²) in [4.78, 5) is 23.4. The Kier molecular flexibility index (Phi) is 5.59. The van der Waals surface area contributed by atoms with Gasteiger partial charge in [-0.05, 0) is 47.0 Å². The number of hydrogen-bond acceptors (Lipinski definition) is 2. The summed E-state index contributed by atoms with van der Waals surface area (Å²) < 4.78 is 0.692. The zero-order valence-electron chi connectivity index (χ0n) is 11.5. The molecule has 0 radical (unpaired) electrons. The highest BCUT2D eigenvalue weighted by Crippen LogP contribution is 2.32. The Morgan fingerprint density at radius 3 is 2.55 bits per heavy atom. The molecule has 0 aromatic heterocycles. The number of hydrogen-bond donors (Lipinski definition) is 2. The van der Waals surface area contributed by atoms with Crippen molar-refractivity contribution in [3.05, 3.63) is 27.7 Å². The molecule has 0 fully saturated rings. The summed E-state index contributed by atoms with van der Waals surface area (Å²) in [5.41, 5.74) is -0.575. The predicted molar refractivity (Wildman–Crippen MR) is 83.0 cm³/mol. The summed E-state index contributed by atoms with van der Waals surface area (Å²) in [6.45, 7) is 5.15. The predicted octanol–water partition coefficient (Wildman–Crippen LogP) is 4.18. The molecule has 1 unspecified atom stereocenters. The van der Waals surface area contributed by atoms with Crippen molar-refractivity contribution in [3.63, 3.8) is 0 Å². The SMILES string of the molecule is CC(C)C(C)(CC(=O)Nc1cc(Cl)ccc1Br)C(=O)O. The summed E-state index contributed by atoms with van der Waals surface area (Å²) in [7, 11) is 0. The van der Waals surface area contributed by atoms with E-state index < -0.39 is 11.4 Å². The molecule has 2 N–H and O–H groups in total. The molecule has 0 aliphatic rings. The minimum atomic E-state index is -1.10. The van der Waals surface area contributed by atoms with Gasteiger partial charge in [-0.1, -0.05) is 25.4 Å². The van der Waals surface area contributed by atoms with Gasteiger partial charge < -0.3 is 10.4 Å². The number of aliphatic carboxylic acids is 1. The van der Waals surface area contributed by atoms with Gasteiger partial charge in [-0.3, -0.25) is 9.59 Å². The number of carboxylic acid groups (broad SMARTS) is 1. The second kappa shape index (κ2) is 6.59. The molecule has 110 valence electrons. The molecule has 1 aromatic rings. The summed E-state index contributed by atoms with van der Waals surface area (Å²) in [5.74, 6) is -1.49. The van der Waals surface area contributed by atoms with E-state index in [2.05, 4.69) is 21.2 Å². The van der Waals surface area contributed by atoms with Crippen LogP contribution in [-0.2, 0) is 9.59 Å². The van der Waals surface area contributed by atoms with Crippen LogP contribution in [-0.4, -0.2) is 17.0 Å². The first kappa shape index (κ1) is 17.0. The van der Waals surface area contributed by atoms with Crippen molar-refractivity contribution in [1.82, 2.24) is 0 Å². The van der Waals surface area contributed by atoms with Crippen molar-refractivity contribution in [2.45, 2.75) is 27.2 Å². The number of nitrogens with one attached hydrogen (secondary N) is 1. The Morgan fingerprint density at radius 2 is 2.05 bits per heavy atom. The number of rotatable bonds is 5. The lowest BCUT2D eigenvalue weighted by molar-refractivity contribution is -0.153. The Balaban J connectivity index is 2.87. The lowest BCUT2D eigenvalue weighted by atomic mass is 9.76. The van der Waals surface area contributed by atoms with Crippen LogP contribution < -0.4 is 5.32 Å². The molecule has 6 heteroatoms. The smallest absolute Gasteiger partial charge is 0.310 e. The molecule has 1 rings (SSSR count). The Morgan fingerprint density at radius 1 is 1.45 bits per heavy atom. The number of anilines is 1. The lowest BCUT2D eigenvalue weighted by Crippen LogP contribution is -2.37. The zero-order valence-corrected chi connectivity index (χ0v) is 13.9. The highest BCUT2D eigenvalue weighted by molar-refractivity contribution is 9.10. The number of carbonyl (C=O) groups excluding carboxylic acids is 1. The van der Waals surface area contributed by atoms with Crippen LogP contribution in [0.3, 0.4) is 0 Å². The third-order valence-electron chi connectivity index (χ3n) is 3.49. The monoisotopic (exact) mass is 361 g/mol. The Bertz CT molecular complexity index is 533. The summed E-state index contributed by atoms with van der Waals surface area (Å²) >= 11 is 9.17. The van der Waals surface area contributed by atoms with E-state index in [0.717, 1.165) is 0 Å². The van der Waals surface area contributed by atoms with Crippen LogP contribution in [0.5, 0.6) is 0 Å². The van der Waals surface area contributed by atoms with Crippen LogP contribution in [0.1, 0.15) is 27.2 Å². The van der Waals surface area contributed by atoms with E-state index in [9.17, 15) is 14.7 Å². The van der Waals surface area contributed by atoms with E-state index >= 15 is 0 Å². The molecule has 0 spiro atoms. The Labute approximate surface area is 131 Å². The molecule has 0 saturated carbocycles. The topological polar surface area (TPSA) is 66.4 Å². The van der Waals surface area contributed by atoms with Crippen molar-refractivity contribution >= 4 is 45.1 Å². The fourth-order valence-electron chi connectivity index (χ4n) is 1.65. The largest absolute Gasteiger partial charge is 0.481 e. The van der Waals surface area contributed by atoms with Gasteiger partial charge in [-0.2, -0.15) is 0 Å². The molecule has 0 aliphatic carbocycles. The highest BCUT2D eigenvalue weighted by Gasteiger charge is 2.38. The van der Waals surface area contributed by atoms with Crippen molar-refractivity contribution in [3.8, 4) is 0 Å². The maximum atomic E-state index is 12.1. The minimum absolute atomic E-state index is 0.0983. The second-order valence-electron chi connectivity index (χ2n) is 5.23. The van der Waals surface area contributed by atoms with Gasteiger partial charge in [0, 0.05) is 15.9 Å². The molecule has 1 atom stereocenters. The van der Waals surface area contributed by atoms with Crippen LogP contribution in [0.25, 0.3) is 0 Å². The van der Waals surface area contributed by atoms with E-state index in [4.69, 9.17) is 11.6 Å². The summed E-state index contributed by atoms with van der Waals surface area (Å²) in [5, 5.41) is 12.5. The number of halogens is 2. The normalized spacial score (nSPS) is 13.9. The third-order valence-corrected chi connectivity index (χ3v) is 4.42. The van der Waals surface area contributed by atoms with Crippen LogP contribution in [0.4, 0.5) is 5.69 Å². The van der Waals surface area contributed by atoms with Crippen molar-refractivity contribution in [2.24, 2.45) is 11.3 Å². The van der Waals surface area contributed by atoms with Crippen LogP contribution >= 0.6 is 27.5 Å². The van der Waals surface area contributed by atoms with Crippen molar-refractivity contribution < 1.29 is 14.7 Å². The molecular formula is C14H17BrClNO3. The van der Waals surface area contributed by atoms with E-state index in [-0.39, 0.29) is 18.2 Å². The van der Waals surface area contributed by atoms with Crippen LogP contribution in [0, 0.1) is 11.3 Å². The zero-order chi connectivity index (χ0) is 15.5. The third kappa shape index (κ3) is 3.96. The molecule has 0 aliphatic heterocycles. The fourth-order valence-corrected chi connectivity index (χ4v) is 2.17. The Hall–Kier alpha value is -1.07. The molecule has 0 bridgehead atoms. The van der Waals surface area contributed by atoms with Gasteiger partial charge >= 0.3 is 5.97 Å². The number of carboxylic acids is 1. The molecule has 4 nitrogen and oxygen atoms in total. The first-order valence-corrected chi connectivity index (χ1v) is 7.32. The van der Waals surface area contributed by atoms with Crippen LogP contribution in [0.15, 0.2) is 22.7 Å². The van der Waals surface area contributed by atoms with Gasteiger partial charge in [0.1, 0.15) is 0 Å². The molecule has 1 amide bonds. The van der Waals surface area contributed by atoms with Gasteiger partial charge in [0.2, 0.25) is 5.91 Å². The number of carbonyl (C=O) groups is 2. The maximum absolute atomic E-state index is 12.1. The first-order valence-electron chi connectivity index (χ1n) is 6.15. The van der Waals surface area contributed by atoms with Gasteiger partial charge in [0.15, 0.2) is 0 Å². The van der Waals surface area contributed by atoms with E-state index in [0.29, 0.717) is 15.2 Å². The average Bonchev–Trinajstić information content (AvgIpc) is 2.33. The molecule has 0 saturated heterocycles. The van der Waals surface area contributed by atoms with Gasteiger partial charge in [-0.15, -0.1) is 0 Å². The molecular weight excluding hydrogens is 346 g/mol.